The second-order valence-corrected chi connectivity index (χ2v) is 2.91. The summed E-state index contributed by atoms with van der Waals surface area (Å²) >= 11 is 1.22. The molecule has 1 aliphatic rings. The lowest BCUT2D eigenvalue weighted by atomic mass is 10.2. The van der Waals surface area contributed by atoms with E-state index in [-0.39, 0.29) is 0 Å². The Bertz CT molecular complexity index is 266. The van der Waals surface area contributed by atoms with Gasteiger partial charge in [-0.1, -0.05) is 23.2 Å². The fraction of sp³-hybridized carbons (Fsp3) is 0. The van der Waals surface area contributed by atoms with Crippen LogP contribution in [0.15, 0.2) is 29.2 Å². The highest BCUT2D eigenvalue weighted by atomic mass is 32.1. The van der Waals surface area contributed by atoms with Crippen LogP contribution in [-0.2, 0) is 0 Å². The minimum Gasteiger partial charge on any atom is -0.125 e. The van der Waals surface area contributed by atoms with Gasteiger partial charge < -0.3 is 0 Å². The number of fused-ring (bicyclic) bond motifs is 1. The van der Waals surface area contributed by atoms with Crippen molar-refractivity contribution in [3.63, 3.8) is 0 Å². The first-order valence-corrected chi connectivity index (χ1v) is 3.75. The molecule has 0 nitrogen and oxygen atoms in total. The highest BCUT2D eigenvalue weighted by Gasteiger charge is 1.95. The average Bonchev–Trinajstić information content (AvgIpc) is 2.33. The third-order valence-corrected chi connectivity index (χ3v) is 2.25. The fourth-order valence-electron chi connectivity index (χ4n) is 0.883. The molecule has 1 aromatic rings. The Balaban J connectivity index is 2.72. The Morgan fingerprint density at radius 2 is 2.11 bits per heavy atom. The summed E-state index contributed by atoms with van der Waals surface area (Å²) in [5.74, 6) is 0. The molecule has 44 valence electrons. The molecule has 0 amide bonds. The second kappa shape index (κ2) is 1.87. The van der Waals surface area contributed by atoms with Gasteiger partial charge in [-0.05, 0) is 17.7 Å². The van der Waals surface area contributed by atoms with E-state index in [2.05, 4.69) is 29.3 Å². The van der Waals surface area contributed by atoms with Crippen molar-refractivity contribution in [3.05, 3.63) is 29.8 Å². The van der Waals surface area contributed by atoms with Crippen LogP contribution in [0.1, 0.15) is 5.56 Å². The van der Waals surface area contributed by atoms with Crippen molar-refractivity contribution in [3.8, 4) is 0 Å². The van der Waals surface area contributed by atoms with E-state index in [4.69, 9.17) is 0 Å². The summed E-state index contributed by atoms with van der Waals surface area (Å²) in [7, 11) is 0. The average molecular weight is 134 g/mol. The quantitative estimate of drug-likeness (QED) is 0.413. The maximum Gasteiger partial charge on any atom is 0.0139 e. The molecular weight excluding hydrogens is 128 g/mol. The summed E-state index contributed by atoms with van der Waals surface area (Å²) in [6.45, 7) is 0. The molecule has 1 aromatic carbocycles. The Labute approximate surface area is 57.8 Å². The molecule has 0 fully saturated rings. The molecular formula is C8H6S. The topological polar surface area (TPSA) is 0 Å². The smallest absolute Gasteiger partial charge is 0.0139 e. The highest BCUT2D eigenvalue weighted by Crippen LogP contribution is 2.20. The first-order valence-electron chi connectivity index (χ1n) is 2.85. The van der Waals surface area contributed by atoms with Crippen molar-refractivity contribution in [1.82, 2.24) is 0 Å². The van der Waals surface area contributed by atoms with Crippen LogP contribution in [0, 0.1) is 0 Å². The molecule has 0 atom stereocenters. The SMILES string of the molecule is C1=Cc2ccccc2[SH]=1. The van der Waals surface area contributed by atoms with Gasteiger partial charge in [0.1, 0.15) is 0 Å². The van der Waals surface area contributed by atoms with Crippen molar-refractivity contribution in [2.75, 3.05) is 0 Å². The van der Waals surface area contributed by atoms with E-state index < -0.39 is 0 Å². The molecule has 2 rings (SSSR count). The highest BCUT2D eigenvalue weighted by molar-refractivity contribution is 7.97. The van der Waals surface area contributed by atoms with E-state index in [1.165, 1.54) is 21.8 Å². The lowest BCUT2D eigenvalue weighted by molar-refractivity contribution is 1.45. The molecule has 9 heavy (non-hydrogen) atoms. The third kappa shape index (κ3) is 0.748. The number of hydrogen-bond acceptors (Lipinski definition) is 0. The van der Waals surface area contributed by atoms with Crippen molar-refractivity contribution < 1.29 is 0 Å². The molecule has 0 aromatic heterocycles. The molecule has 0 aliphatic carbocycles. The van der Waals surface area contributed by atoms with Crippen LogP contribution < -0.4 is 0 Å². The molecule has 0 radical (unpaired) electrons. The summed E-state index contributed by atoms with van der Waals surface area (Å²) in [6, 6.07) is 8.36. The summed E-state index contributed by atoms with van der Waals surface area (Å²) < 4.78 is 0. The van der Waals surface area contributed by atoms with Gasteiger partial charge in [0, 0.05) is 4.90 Å². The van der Waals surface area contributed by atoms with Crippen LogP contribution in [0.5, 0.6) is 0 Å². The Hall–Kier alpha value is -0.780. The third-order valence-electron chi connectivity index (χ3n) is 1.34. The zero-order valence-electron chi connectivity index (χ0n) is 4.83. The van der Waals surface area contributed by atoms with Gasteiger partial charge in [0.25, 0.3) is 0 Å². The first-order chi connectivity index (χ1) is 4.47. The first kappa shape index (κ1) is 5.04. The molecule has 0 N–H and O–H groups in total. The van der Waals surface area contributed by atoms with Gasteiger partial charge in [-0.3, -0.25) is 0 Å². The van der Waals surface area contributed by atoms with Gasteiger partial charge in [0.2, 0.25) is 0 Å². The van der Waals surface area contributed by atoms with Crippen molar-refractivity contribution in [1.29, 1.82) is 0 Å². The lowest BCUT2D eigenvalue weighted by Crippen LogP contribution is -1.69. The van der Waals surface area contributed by atoms with Crippen LogP contribution >= 0.6 is 11.4 Å². The molecule has 1 heteroatoms. The van der Waals surface area contributed by atoms with Crippen molar-refractivity contribution in [2.45, 2.75) is 4.90 Å². The minimum absolute atomic E-state index is 1.22. The Kier molecular flexibility index (Phi) is 1.05. The van der Waals surface area contributed by atoms with E-state index in [1.807, 2.05) is 6.08 Å². The zero-order valence-corrected chi connectivity index (χ0v) is 5.73. The van der Waals surface area contributed by atoms with Gasteiger partial charge in [-0.25, -0.2) is 0 Å². The molecule has 0 bridgehead atoms. The van der Waals surface area contributed by atoms with Crippen LogP contribution in [0.2, 0.25) is 0 Å². The van der Waals surface area contributed by atoms with Gasteiger partial charge in [0.05, 0.1) is 0 Å². The fourth-order valence-corrected chi connectivity index (χ4v) is 1.65. The molecule has 0 spiro atoms. The van der Waals surface area contributed by atoms with Gasteiger partial charge in [-0.15, -0.1) is 11.4 Å². The van der Waals surface area contributed by atoms with E-state index in [1.54, 1.807) is 0 Å². The van der Waals surface area contributed by atoms with Crippen LogP contribution in [0.25, 0.3) is 6.08 Å². The standard InChI is InChI=1S/C8H6S/c1-2-4-8-7(3-1)5-6-9-8/h1-5,9H. The number of hydrogen-bond donors (Lipinski definition) is 1. The Morgan fingerprint density at radius 1 is 1.22 bits per heavy atom. The predicted octanol–water partition coefficient (Wildman–Crippen LogP) is 1.94. The maximum absolute atomic E-state index is 3.13. The van der Waals surface area contributed by atoms with Gasteiger partial charge in [0.15, 0.2) is 0 Å². The predicted molar refractivity (Wildman–Crippen MR) is 43.2 cm³/mol. The number of thiol groups is 1. The summed E-state index contributed by atoms with van der Waals surface area (Å²) in [4.78, 5) is 1.37. The van der Waals surface area contributed by atoms with E-state index in [0.29, 0.717) is 0 Å². The summed E-state index contributed by atoms with van der Waals surface area (Å²) in [6.07, 6.45) is 2.04. The zero-order chi connectivity index (χ0) is 6.10. The van der Waals surface area contributed by atoms with Crippen LogP contribution in [0.3, 0.4) is 0 Å². The second-order valence-electron chi connectivity index (χ2n) is 1.94. The van der Waals surface area contributed by atoms with E-state index >= 15 is 0 Å². The van der Waals surface area contributed by atoms with E-state index in [0.717, 1.165) is 0 Å². The molecule has 0 saturated heterocycles. The van der Waals surface area contributed by atoms with Crippen LogP contribution in [0.4, 0.5) is 0 Å². The van der Waals surface area contributed by atoms with Gasteiger partial charge >= 0.3 is 0 Å². The molecule has 1 heterocycles. The number of rotatable bonds is 0. The normalized spacial score (nSPS) is 12.9. The minimum atomic E-state index is 1.22. The summed E-state index contributed by atoms with van der Waals surface area (Å²) in [5, 5.41) is 3.13. The number of benzene rings is 1. The van der Waals surface area contributed by atoms with Gasteiger partial charge in [-0.2, -0.15) is 0 Å². The monoisotopic (exact) mass is 134 g/mol. The molecule has 0 unspecified atom stereocenters. The van der Waals surface area contributed by atoms with Crippen LogP contribution in [-0.4, -0.2) is 5.02 Å². The largest absolute Gasteiger partial charge is 0.125 e. The molecule has 0 saturated carbocycles. The van der Waals surface area contributed by atoms with E-state index in [9.17, 15) is 0 Å². The lowest BCUT2D eigenvalue weighted by Gasteiger charge is -1.91. The van der Waals surface area contributed by atoms with Crippen molar-refractivity contribution in [2.24, 2.45) is 0 Å². The van der Waals surface area contributed by atoms with Crippen molar-refractivity contribution >= 4 is 22.4 Å². The molecule has 1 aliphatic heterocycles. The summed E-state index contributed by atoms with van der Waals surface area (Å²) in [5.41, 5.74) is 1.32. The Morgan fingerprint density at radius 3 is 3.00 bits per heavy atom. The maximum atomic E-state index is 3.13.